The lowest BCUT2D eigenvalue weighted by Crippen LogP contribution is -2.44. The van der Waals surface area contributed by atoms with Gasteiger partial charge in [0.05, 0.1) is 18.3 Å². The first-order valence-corrected chi connectivity index (χ1v) is 10.7. The molecule has 0 amide bonds. The van der Waals surface area contributed by atoms with Crippen LogP contribution in [0.15, 0.2) is 35.6 Å². The van der Waals surface area contributed by atoms with Gasteiger partial charge in [0.1, 0.15) is 0 Å². The highest BCUT2D eigenvalue weighted by Crippen LogP contribution is 2.28. The van der Waals surface area contributed by atoms with Crippen LogP contribution in [0.25, 0.3) is 0 Å². The van der Waals surface area contributed by atoms with E-state index in [1.54, 1.807) is 12.3 Å². The van der Waals surface area contributed by atoms with Gasteiger partial charge in [-0.25, -0.2) is 14.4 Å². The van der Waals surface area contributed by atoms with Crippen molar-refractivity contribution >= 4 is 11.8 Å². The van der Waals surface area contributed by atoms with Crippen LogP contribution in [0.1, 0.15) is 50.8 Å². The van der Waals surface area contributed by atoms with Crippen molar-refractivity contribution in [2.24, 2.45) is 4.99 Å². The molecule has 2 aromatic heterocycles. The van der Waals surface area contributed by atoms with Crippen molar-refractivity contribution in [3.63, 3.8) is 0 Å². The first kappa shape index (κ1) is 19.7. The maximum Gasteiger partial charge on any atom is 0.191 e. The predicted molar refractivity (Wildman–Crippen MR) is 112 cm³/mol. The molecule has 29 heavy (non-hydrogen) atoms. The molecule has 1 saturated carbocycles. The molecule has 1 aliphatic carbocycles. The summed E-state index contributed by atoms with van der Waals surface area (Å²) in [7, 11) is 0. The van der Waals surface area contributed by atoms with Crippen molar-refractivity contribution in [3.05, 3.63) is 42.1 Å². The van der Waals surface area contributed by atoms with Gasteiger partial charge in [0, 0.05) is 38.1 Å². The fourth-order valence-electron chi connectivity index (χ4n) is 4.19. The molecule has 0 radical (unpaired) electrons. The van der Waals surface area contributed by atoms with E-state index in [9.17, 15) is 4.39 Å². The Morgan fingerprint density at radius 3 is 2.93 bits per heavy atom. The third-order valence-corrected chi connectivity index (χ3v) is 5.67. The quantitative estimate of drug-likeness (QED) is 0.577. The number of rotatable bonds is 6. The number of hydrogen-bond donors (Lipinski definition) is 2. The van der Waals surface area contributed by atoms with E-state index in [-0.39, 0.29) is 11.9 Å². The van der Waals surface area contributed by atoms with Crippen LogP contribution >= 0.6 is 0 Å². The van der Waals surface area contributed by atoms with Gasteiger partial charge in [0.15, 0.2) is 17.6 Å². The van der Waals surface area contributed by atoms with Gasteiger partial charge in [-0.15, -0.1) is 0 Å². The van der Waals surface area contributed by atoms with Gasteiger partial charge < -0.3 is 15.5 Å². The zero-order valence-electron chi connectivity index (χ0n) is 17.0. The first-order chi connectivity index (χ1) is 14.2. The normalized spacial score (nSPS) is 20.4. The smallest absolute Gasteiger partial charge is 0.191 e. The molecule has 2 aliphatic rings. The Balaban J connectivity index is 1.35. The number of aliphatic imine (C=N–C) groups is 1. The molecule has 0 aromatic carbocycles. The molecule has 0 bridgehead atoms. The van der Waals surface area contributed by atoms with Crippen LogP contribution in [0, 0.1) is 5.82 Å². The monoisotopic (exact) mass is 399 g/mol. The molecule has 156 valence electrons. The summed E-state index contributed by atoms with van der Waals surface area (Å²) in [6.07, 6.45) is 9.68. The number of nitrogens with zero attached hydrogens (tertiary/aromatic N) is 5. The van der Waals surface area contributed by atoms with Crippen LogP contribution in [0.5, 0.6) is 0 Å². The number of halogens is 1. The lowest BCUT2D eigenvalue weighted by Gasteiger charge is -2.19. The van der Waals surface area contributed by atoms with E-state index in [1.807, 2.05) is 4.90 Å². The standard InChI is InChI=1S/C21H30FN7/c1-2-23-21(25-14-16-10-13-29(27-16)18-6-3-4-7-18)26-17-9-12-28(15-17)20-19(22)8-5-11-24-20/h5,8,10-11,13,17-18H,2-4,6-7,9,12,14-15H2,1H3,(H2,23,25,26). The minimum absolute atomic E-state index is 0.199. The number of anilines is 1. The van der Waals surface area contributed by atoms with Crippen LogP contribution in [0.2, 0.25) is 0 Å². The van der Waals surface area contributed by atoms with Crippen LogP contribution in [-0.2, 0) is 6.54 Å². The Kier molecular flexibility index (Phi) is 6.27. The number of pyridine rings is 1. The zero-order valence-corrected chi connectivity index (χ0v) is 17.0. The Labute approximate surface area is 171 Å². The van der Waals surface area contributed by atoms with Gasteiger partial charge in [-0.3, -0.25) is 4.68 Å². The summed E-state index contributed by atoms with van der Waals surface area (Å²) in [6.45, 7) is 4.86. The molecule has 2 aromatic rings. The molecule has 3 heterocycles. The average Bonchev–Trinajstić information content (AvgIpc) is 3.48. The number of guanidine groups is 1. The summed E-state index contributed by atoms with van der Waals surface area (Å²) in [4.78, 5) is 10.9. The van der Waals surface area contributed by atoms with Crippen molar-refractivity contribution < 1.29 is 4.39 Å². The Hall–Kier alpha value is -2.64. The van der Waals surface area contributed by atoms with Crippen molar-refractivity contribution in [1.82, 2.24) is 25.4 Å². The van der Waals surface area contributed by atoms with Gasteiger partial charge in [-0.05, 0) is 44.4 Å². The van der Waals surface area contributed by atoms with Crippen LogP contribution in [-0.4, -0.2) is 46.4 Å². The third-order valence-electron chi connectivity index (χ3n) is 5.67. The molecule has 2 N–H and O–H groups in total. The molecule has 4 rings (SSSR count). The number of aromatic nitrogens is 3. The third kappa shape index (κ3) is 4.86. The van der Waals surface area contributed by atoms with Crippen LogP contribution in [0.4, 0.5) is 10.2 Å². The van der Waals surface area contributed by atoms with Crippen LogP contribution in [0.3, 0.4) is 0 Å². The highest BCUT2D eigenvalue weighted by molar-refractivity contribution is 5.80. The summed E-state index contributed by atoms with van der Waals surface area (Å²) in [5, 5.41) is 11.5. The lowest BCUT2D eigenvalue weighted by atomic mass is 10.3. The topological polar surface area (TPSA) is 70.4 Å². The van der Waals surface area contributed by atoms with Gasteiger partial charge in [-0.1, -0.05) is 12.8 Å². The summed E-state index contributed by atoms with van der Waals surface area (Å²) < 4.78 is 16.1. The van der Waals surface area contributed by atoms with E-state index >= 15 is 0 Å². The van der Waals surface area contributed by atoms with E-state index in [0.717, 1.165) is 31.2 Å². The summed E-state index contributed by atoms with van der Waals surface area (Å²) in [5.74, 6) is 0.930. The number of hydrogen-bond acceptors (Lipinski definition) is 4. The van der Waals surface area contributed by atoms with Gasteiger partial charge in [-0.2, -0.15) is 5.10 Å². The van der Waals surface area contributed by atoms with Crippen molar-refractivity contribution in [2.75, 3.05) is 24.5 Å². The number of nitrogens with one attached hydrogen (secondary N) is 2. The molecule has 2 fully saturated rings. The molecular formula is C21H30FN7. The highest BCUT2D eigenvalue weighted by Gasteiger charge is 2.26. The molecule has 1 unspecified atom stereocenters. The van der Waals surface area contributed by atoms with E-state index in [2.05, 4.69) is 39.5 Å². The van der Waals surface area contributed by atoms with E-state index in [1.165, 1.54) is 31.7 Å². The first-order valence-electron chi connectivity index (χ1n) is 10.7. The minimum Gasteiger partial charge on any atom is -0.357 e. The van der Waals surface area contributed by atoms with Crippen molar-refractivity contribution in [3.8, 4) is 0 Å². The largest absolute Gasteiger partial charge is 0.357 e. The molecular weight excluding hydrogens is 369 g/mol. The molecule has 8 heteroatoms. The fraction of sp³-hybridized carbons (Fsp3) is 0.571. The predicted octanol–water partition coefficient (Wildman–Crippen LogP) is 2.87. The molecule has 0 spiro atoms. The highest BCUT2D eigenvalue weighted by atomic mass is 19.1. The molecule has 1 atom stereocenters. The maximum absolute atomic E-state index is 14.0. The lowest BCUT2D eigenvalue weighted by molar-refractivity contribution is 0.463. The Morgan fingerprint density at radius 2 is 2.14 bits per heavy atom. The molecule has 1 saturated heterocycles. The zero-order chi connectivity index (χ0) is 20.1. The van der Waals surface area contributed by atoms with E-state index in [0.29, 0.717) is 24.9 Å². The second-order valence-corrected chi connectivity index (χ2v) is 7.81. The Bertz CT molecular complexity index is 828. The van der Waals surface area contributed by atoms with E-state index in [4.69, 9.17) is 10.1 Å². The Morgan fingerprint density at radius 1 is 1.28 bits per heavy atom. The molecule has 1 aliphatic heterocycles. The van der Waals surface area contributed by atoms with Crippen molar-refractivity contribution in [2.45, 2.75) is 57.7 Å². The van der Waals surface area contributed by atoms with Crippen molar-refractivity contribution in [1.29, 1.82) is 0 Å². The van der Waals surface area contributed by atoms with Crippen LogP contribution < -0.4 is 15.5 Å². The summed E-state index contributed by atoms with van der Waals surface area (Å²) in [6, 6.07) is 5.89. The maximum atomic E-state index is 14.0. The SMILES string of the molecule is CCNC(=NCc1ccn(C2CCCC2)n1)NC1CCN(c2ncccc2F)C1. The second kappa shape index (κ2) is 9.24. The van der Waals surface area contributed by atoms with Gasteiger partial charge in [0.2, 0.25) is 0 Å². The average molecular weight is 400 g/mol. The van der Waals surface area contributed by atoms with Gasteiger partial charge >= 0.3 is 0 Å². The summed E-state index contributed by atoms with van der Waals surface area (Å²) in [5.41, 5.74) is 0.984. The van der Waals surface area contributed by atoms with Gasteiger partial charge in [0.25, 0.3) is 0 Å². The second-order valence-electron chi connectivity index (χ2n) is 7.81. The molecule has 7 nitrogen and oxygen atoms in total. The summed E-state index contributed by atoms with van der Waals surface area (Å²) >= 11 is 0. The fourth-order valence-corrected chi connectivity index (χ4v) is 4.19. The van der Waals surface area contributed by atoms with E-state index < -0.39 is 0 Å². The minimum atomic E-state index is -0.272.